The Morgan fingerprint density at radius 1 is 1.41 bits per heavy atom. The standard InChI is InChI=1S/C17H22N2O3/c20-16(14-1-2-14)19-7-15-9-22-12-17(15,10-19)11-21-8-13-3-5-18-6-4-13/h3-6,14-15H,1-2,7-12H2/t15-,17-/m1/s1. The van der Waals surface area contributed by atoms with E-state index in [9.17, 15) is 4.79 Å². The highest BCUT2D eigenvalue weighted by Crippen LogP contribution is 2.43. The molecule has 3 fully saturated rings. The molecule has 5 heteroatoms. The number of likely N-dealkylation sites (tertiary alicyclic amines) is 1. The highest BCUT2D eigenvalue weighted by atomic mass is 16.5. The van der Waals surface area contributed by atoms with E-state index in [0.29, 0.717) is 37.6 Å². The molecule has 0 bridgehead atoms. The van der Waals surface area contributed by atoms with Crippen LogP contribution in [0.2, 0.25) is 0 Å². The molecule has 1 saturated carbocycles. The first-order chi connectivity index (χ1) is 10.8. The average Bonchev–Trinajstić information content (AvgIpc) is 3.22. The molecule has 2 aliphatic heterocycles. The maximum atomic E-state index is 12.3. The van der Waals surface area contributed by atoms with Gasteiger partial charge in [-0.25, -0.2) is 0 Å². The molecule has 0 radical (unpaired) electrons. The molecule has 5 nitrogen and oxygen atoms in total. The first-order valence-corrected chi connectivity index (χ1v) is 8.10. The minimum absolute atomic E-state index is 0.00240. The Bertz CT molecular complexity index is 546. The first-order valence-electron chi connectivity index (χ1n) is 8.10. The van der Waals surface area contributed by atoms with E-state index in [4.69, 9.17) is 9.47 Å². The lowest BCUT2D eigenvalue weighted by Gasteiger charge is -2.27. The van der Waals surface area contributed by atoms with Gasteiger partial charge >= 0.3 is 0 Å². The highest BCUT2D eigenvalue weighted by Gasteiger charge is 2.53. The predicted octanol–water partition coefficient (Wildman–Crippen LogP) is 1.48. The Hall–Kier alpha value is -1.46. The summed E-state index contributed by atoms with van der Waals surface area (Å²) in [5.41, 5.74) is 1.13. The van der Waals surface area contributed by atoms with Crippen LogP contribution < -0.4 is 0 Å². The number of amides is 1. The zero-order chi connectivity index (χ0) is 15.0. The molecular weight excluding hydrogens is 280 g/mol. The number of fused-ring (bicyclic) bond motifs is 1. The van der Waals surface area contributed by atoms with E-state index in [1.165, 1.54) is 0 Å². The number of carbonyl (C=O) groups is 1. The Labute approximate surface area is 130 Å². The summed E-state index contributed by atoms with van der Waals surface area (Å²) in [6.07, 6.45) is 5.71. The van der Waals surface area contributed by atoms with Gasteiger partial charge in [0, 0.05) is 42.7 Å². The van der Waals surface area contributed by atoms with Gasteiger partial charge in [-0.1, -0.05) is 0 Å². The number of pyridine rings is 1. The van der Waals surface area contributed by atoms with Gasteiger partial charge in [0.1, 0.15) is 0 Å². The second-order valence-corrected chi connectivity index (χ2v) is 6.92. The molecule has 0 spiro atoms. The number of hydrogen-bond donors (Lipinski definition) is 0. The van der Waals surface area contributed by atoms with Gasteiger partial charge in [0.15, 0.2) is 0 Å². The summed E-state index contributed by atoms with van der Waals surface area (Å²) in [7, 11) is 0. The van der Waals surface area contributed by atoms with Crippen LogP contribution in [0.4, 0.5) is 0 Å². The normalized spacial score (nSPS) is 30.5. The van der Waals surface area contributed by atoms with E-state index in [-0.39, 0.29) is 5.41 Å². The van der Waals surface area contributed by atoms with E-state index >= 15 is 0 Å². The largest absolute Gasteiger partial charge is 0.380 e. The van der Waals surface area contributed by atoms with Gasteiger partial charge in [-0.15, -0.1) is 0 Å². The van der Waals surface area contributed by atoms with Gasteiger partial charge in [-0.05, 0) is 30.5 Å². The third kappa shape index (κ3) is 2.63. The van der Waals surface area contributed by atoms with Crippen molar-refractivity contribution in [3.05, 3.63) is 30.1 Å². The fourth-order valence-electron chi connectivity index (χ4n) is 3.64. The highest BCUT2D eigenvalue weighted by molar-refractivity contribution is 5.81. The van der Waals surface area contributed by atoms with E-state index in [0.717, 1.165) is 38.1 Å². The van der Waals surface area contributed by atoms with Crippen LogP contribution in [-0.2, 0) is 20.9 Å². The van der Waals surface area contributed by atoms with Crippen LogP contribution in [0.1, 0.15) is 18.4 Å². The molecule has 0 aromatic carbocycles. The number of ether oxygens (including phenoxy) is 2. The van der Waals surface area contributed by atoms with Crippen LogP contribution in [0, 0.1) is 17.3 Å². The molecule has 22 heavy (non-hydrogen) atoms. The lowest BCUT2D eigenvalue weighted by molar-refractivity contribution is -0.132. The molecule has 2 saturated heterocycles. The molecular formula is C17H22N2O3. The molecule has 2 atom stereocenters. The molecule has 1 aromatic rings. The smallest absolute Gasteiger partial charge is 0.225 e. The topological polar surface area (TPSA) is 51.7 Å². The molecule has 1 amide bonds. The van der Waals surface area contributed by atoms with Gasteiger partial charge in [0.25, 0.3) is 0 Å². The van der Waals surface area contributed by atoms with Crippen LogP contribution in [-0.4, -0.2) is 48.7 Å². The maximum absolute atomic E-state index is 12.3. The number of rotatable bonds is 5. The molecule has 1 aromatic heterocycles. The second-order valence-electron chi connectivity index (χ2n) is 6.92. The molecule has 1 aliphatic carbocycles. The van der Waals surface area contributed by atoms with Crippen molar-refractivity contribution in [3.8, 4) is 0 Å². The van der Waals surface area contributed by atoms with Gasteiger partial charge in [-0.3, -0.25) is 9.78 Å². The van der Waals surface area contributed by atoms with Crippen LogP contribution in [0.5, 0.6) is 0 Å². The minimum atomic E-state index is -0.00240. The minimum Gasteiger partial charge on any atom is -0.380 e. The maximum Gasteiger partial charge on any atom is 0.225 e. The van der Waals surface area contributed by atoms with Crippen molar-refractivity contribution in [2.24, 2.45) is 17.3 Å². The lowest BCUT2D eigenvalue weighted by atomic mass is 9.82. The number of aromatic nitrogens is 1. The Kier molecular flexibility index (Phi) is 3.62. The molecule has 3 aliphatic rings. The summed E-state index contributed by atoms with van der Waals surface area (Å²) in [4.78, 5) is 18.4. The zero-order valence-corrected chi connectivity index (χ0v) is 12.7. The van der Waals surface area contributed by atoms with E-state index in [1.807, 2.05) is 12.1 Å². The van der Waals surface area contributed by atoms with Crippen molar-refractivity contribution in [2.45, 2.75) is 19.4 Å². The third-order valence-corrected chi connectivity index (χ3v) is 5.17. The lowest BCUT2D eigenvalue weighted by Crippen LogP contribution is -2.37. The quantitative estimate of drug-likeness (QED) is 0.827. The van der Waals surface area contributed by atoms with Crippen molar-refractivity contribution in [1.29, 1.82) is 0 Å². The molecule has 118 valence electrons. The van der Waals surface area contributed by atoms with Crippen LogP contribution in [0.3, 0.4) is 0 Å². The fourth-order valence-corrected chi connectivity index (χ4v) is 3.64. The van der Waals surface area contributed by atoms with Gasteiger partial charge in [0.2, 0.25) is 5.91 Å². The van der Waals surface area contributed by atoms with E-state index in [2.05, 4.69) is 9.88 Å². The number of carbonyl (C=O) groups excluding carboxylic acids is 1. The zero-order valence-electron chi connectivity index (χ0n) is 12.7. The summed E-state index contributed by atoms with van der Waals surface area (Å²) in [5.74, 6) is 1.07. The predicted molar refractivity (Wildman–Crippen MR) is 79.9 cm³/mol. The van der Waals surface area contributed by atoms with Crippen molar-refractivity contribution < 1.29 is 14.3 Å². The second kappa shape index (κ2) is 5.63. The summed E-state index contributed by atoms with van der Waals surface area (Å²) in [6.45, 7) is 4.36. The van der Waals surface area contributed by atoms with Crippen molar-refractivity contribution >= 4 is 5.91 Å². The summed E-state index contributed by atoms with van der Waals surface area (Å²) >= 11 is 0. The fraction of sp³-hybridized carbons (Fsp3) is 0.647. The Morgan fingerprint density at radius 3 is 3.00 bits per heavy atom. The van der Waals surface area contributed by atoms with Crippen LogP contribution in [0.25, 0.3) is 0 Å². The number of nitrogens with zero attached hydrogens (tertiary/aromatic N) is 2. The van der Waals surface area contributed by atoms with Crippen LogP contribution >= 0.6 is 0 Å². The number of hydrogen-bond acceptors (Lipinski definition) is 4. The SMILES string of the molecule is O=C(C1CC1)N1C[C@@H]2COC[C@]2(COCc2ccncc2)C1. The molecule has 0 N–H and O–H groups in total. The monoisotopic (exact) mass is 302 g/mol. The Balaban J connectivity index is 1.37. The van der Waals surface area contributed by atoms with Crippen LogP contribution in [0.15, 0.2) is 24.5 Å². The first kappa shape index (κ1) is 14.2. The molecule has 4 rings (SSSR count). The molecule has 3 heterocycles. The van der Waals surface area contributed by atoms with E-state index < -0.39 is 0 Å². The Morgan fingerprint density at radius 2 is 2.23 bits per heavy atom. The molecule has 0 unspecified atom stereocenters. The summed E-state index contributed by atoms with van der Waals surface area (Å²) < 4.78 is 11.7. The van der Waals surface area contributed by atoms with E-state index in [1.54, 1.807) is 12.4 Å². The van der Waals surface area contributed by atoms with Crippen molar-refractivity contribution in [1.82, 2.24) is 9.88 Å². The van der Waals surface area contributed by atoms with Gasteiger partial charge in [-0.2, -0.15) is 0 Å². The van der Waals surface area contributed by atoms with Crippen molar-refractivity contribution in [3.63, 3.8) is 0 Å². The summed E-state index contributed by atoms with van der Waals surface area (Å²) in [5, 5.41) is 0. The van der Waals surface area contributed by atoms with Gasteiger partial charge in [0.05, 0.1) is 26.4 Å². The summed E-state index contributed by atoms with van der Waals surface area (Å²) in [6, 6.07) is 3.94. The van der Waals surface area contributed by atoms with Gasteiger partial charge < -0.3 is 14.4 Å². The third-order valence-electron chi connectivity index (χ3n) is 5.17. The average molecular weight is 302 g/mol. The van der Waals surface area contributed by atoms with Crippen molar-refractivity contribution in [2.75, 3.05) is 32.9 Å².